The lowest BCUT2D eigenvalue weighted by atomic mass is 10.2. The molecule has 0 bridgehead atoms. The van der Waals surface area contributed by atoms with Gasteiger partial charge in [-0.1, -0.05) is 23.7 Å². The van der Waals surface area contributed by atoms with Crippen molar-refractivity contribution < 1.29 is 9.21 Å². The molecule has 106 valence electrons. The number of benzene rings is 2. The molecule has 0 atom stereocenters. The second-order valence-corrected chi connectivity index (χ2v) is 4.97. The SMILES string of the molecule is O=C(NCc1ccc(Cl)cc1)c1ccc2oc(=O)[nH]c2c1. The Hall–Kier alpha value is -2.53. The van der Waals surface area contributed by atoms with Crippen molar-refractivity contribution >= 4 is 28.6 Å². The number of H-pyrrole nitrogens is 1. The number of hydrogen-bond acceptors (Lipinski definition) is 3. The van der Waals surface area contributed by atoms with Crippen LogP contribution >= 0.6 is 11.6 Å². The van der Waals surface area contributed by atoms with E-state index >= 15 is 0 Å². The van der Waals surface area contributed by atoms with Crippen LogP contribution < -0.4 is 11.1 Å². The van der Waals surface area contributed by atoms with Gasteiger partial charge in [0.1, 0.15) is 0 Å². The summed E-state index contributed by atoms with van der Waals surface area (Å²) in [5.74, 6) is -0.766. The maximum atomic E-state index is 12.1. The predicted octanol–water partition coefficient (Wildman–Crippen LogP) is 2.70. The van der Waals surface area contributed by atoms with Gasteiger partial charge in [0, 0.05) is 17.1 Å². The largest absolute Gasteiger partial charge is 0.417 e. The molecule has 0 spiro atoms. The van der Waals surface area contributed by atoms with Gasteiger partial charge in [0.05, 0.1) is 5.52 Å². The summed E-state index contributed by atoms with van der Waals surface area (Å²) in [7, 11) is 0. The Morgan fingerprint density at radius 3 is 2.71 bits per heavy atom. The molecule has 3 rings (SSSR count). The third-order valence-electron chi connectivity index (χ3n) is 3.05. The van der Waals surface area contributed by atoms with E-state index in [1.54, 1.807) is 30.3 Å². The Kier molecular flexibility index (Phi) is 3.50. The summed E-state index contributed by atoms with van der Waals surface area (Å²) in [6.45, 7) is 0.399. The predicted molar refractivity (Wildman–Crippen MR) is 79.5 cm³/mol. The second kappa shape index (κ2) is 5.46. The van der Waals surface area contributed by atoms with E-state index in [-0.39, 0.29) is 5.91 Å². The molecule has 0 aliphatic heterocycles. The van der Waals surface area contributed by atoms with Gasteiger partial charge >= 0.3 is 5.76 Å². The van der Waals surface area contributed by atoms with E-state index in [9.17, 15) is 9.59 Å². The second-order valence-electron chi connectivity index (χ2n) is 4.53. The van der Waals surface area contributed by atoms with E-state index in [1.807, 2.05) is 12.1 Å². The number of halogens is 1. The van der Waals surface area contributed by atoms with Crippen molar-refractivity contribution in [1.82, 2.24) is 10.3 Å². The summed E-state index contributed by atoms with van der Waals surface area (Å²) in [5.41, 5.74) is 2.33. The minimum Gasteiger partial charge on any atom is -0.408 e. The number of amides is 1. The van der Waals surface area contributed by atoms with Crippen LogP contribution in [0.2, 0.25) is 5.02 Å². The molecule has 0 saturated carbocycles. The molecule has 0 fully saturated rings. The van der Waals surface area contributed by atoms with Crippen LogP contribution in [-0.4, -0.2) is 10.9 Å². The summed E-state index contributed by atoms with van der Waals surface area (Å²) < 4.78 is 4.89. The zero-order valence-electron chi connectivity index (χ0n) is 10.9. The number of oxazole rings is 1. The molecule has 1 heterocycles. The van der Waals surface area contributed by atoms with Crippen molar-refractivity contribution in [3.8, 4) is 0 Å². The normalized spacial score (nSPS) is 10.7. The smallest absolute Gasteiger partial charge is 0.408 e. The van der Waals surface area contributed by atoms with E-state index in [4.69, 9.17) is 16.0 Å². The minimum absolute atomic E-state index is 0.228. The van der Waals surface area contributed by atoms with Gasteiger partial charge in [-0.05, 0) is 35.9 Å². The lowest BCUT2D eigenvalue weighted by Crippen LogP contribution is -2.22. The van der Waals surface area contributed by atoms with Gasteiger partial charge < -0.3 is 9.73 Å². The minimum atomic E-state index is -0.538. The molecule has 2 N–H and O–H groups in total. The highest BCUT2D eigenvalue weighted by molar-refractivity contribution is 6.30. The quantitative estimate of drug-likeness (QED) is 0.781. The zero-order chi connectivity index (χ0) is 14.8. The average Bonchev–Trinajstić information content (AvgIpc) is 2.85. The summed E-state index contributed by atoms with van der Waals surface area (Å²) in [6.07, 6.45) is 0. The third-order valence-corrected chi connectivity index (χ3v) is 3.30. The van der Waals surface area contributed by atoms with Crippen molar-refractivity contribution in [2.45, 2.75) is 6.54 Å². The fraction of sp³-hybridized carbons (Fsp3) is 0.0667. The molecular weight excluding hydrogens is 292 g/mol. The summed E-state index contributed by atoms with van der Waals surface area (Å²) in [5, 5.41) is 3.45. The molecule has 21 heavy (non-hydrogen) atoms. The average molecular weight is 303 g/mol. The van der Waals surface area contributed by atoms with Crippen LogP contribution in [-0.2, 0) is 6.54 Å². The first-order chi connectivity index (χ1) is 10.1. The Morgan fingerprint density at radius 2 is 1.95 bits per heavy atom. The van der Waals surface area contributed by atoms with Crippen LogP contribution in [0.15, 0.2) is 51.7 Å². The summed E-state index contributed by atoms with van der Waals surface area (Å²) in [4.78, 5) is 25.7. The highest BCUT2D eigenvalue weighted by atomic mass is 35.5. The number of rotatable bonds is 3. The topological polar surface area (TPSA) is 75.1 Å². The number of fused-ring (bicyclic) bond motifs is 1. The number of aromatic nitrogens is 1. The first-order valence-electron chi connectivity index (χ1n) is 6.27. The monoisotopic (exact) mass is 302 g/mol. The molecular formula is C15H11ClN2O3. The Balaban J connectivity index is 1.74. The van der Waals surface area contributed by atoms with Crippen molar-refractivity contribution in [2.75, 3.05) is 0 Å². The molecule has 1 amide bonds. The van der Waals surface area contributed by atoms with Crippen molar-refractivity contribution in [2.24, 2.45) is 0 Å². The van der Waals surface area contributed by atoms with Gasteiger partial charge in [-0.3, -0.25) is 9.78 Å². The molecule has 5 nitrogen and oxygen atoms in total. The molecule has 0 radical (unpaired) electrons. The number of hydrogen-bond donors (Lipinski definition) is 2. The van der Waals surface area contributed by atoms with E-state index < -0.39 is 5.76 Å². The highest BCUT2D eigenvalue weighted by Gasteiger charge is 2.08. The first kappa shape index (κ1) is 13.5. The van der Waals surface area contributed by atoms with Crippen LogP contribution in [0.3, 0.4) is 0 Å². The van der Waals surface area contributed by atoms with Gasteiger partial charge in [0.25, 0.3) is 5.91 Å². The molecule has 0 aliphatic rings. The fourth-order valence-electron chi connectivity index (χ4n) is 1.98. The van der Waals surface area contributed by atoms with Crippen LogP contribution in [0.4, 0.5) is 0 Å². The molecule has 0 aliphatic carbocycles. The van der Waals surface area contributed by atoms with Crippen molar-refractivity contribution in [3.05, 3.63) is 69.2 Å². The van der Waals surface area contributed by atoms with Crippen molar-refractivity contribution in [1.29, 1.82) is 0 Å². The standard InChI is InChI=1S/C15H11ClN2O3/c16-11-4-1-9(2-5-11)8-17-14(19)10-3-6-13-12(7-10)18-15(20)21-13/h1-7H,8H2,(H,17,19)(H,18,20). The van der Waals surface area contributed by atoms with Crippen LogP contribution in [0, 0.1) is 0 Å². The van der Waals surface area contributed by atoms with Gasteiger partial charge in [0.2, 0.25) is 0 Å². The summed E-state index contributed by atoms with van der Waals surface area (Å²) in [6, 6.07) is 12.0. The number of nitrogens with one attached hydrogen (secondary N) is 2. The maximum Gasteiger partial charge on any atom is 0.417 e. The Morgan fingerprint density at radius 1 is 1.19 bits per heavy atom. The molecule has 6 heteroatoms. The van der Waals surface area contributed by atoms with Gasteiger partial charge in [0.15, 0.2) is 5.58 Å². The van der Waals surface area contributed by atoms with E-state index in [1.165, 1.54) is 0 Å². The first-order valence-corrected chi connectivity index (χ1v) is 6.65. The molecule has 0 saturated heterocycles. The number of aromatic amines is 1. The van der Waals surface area contributed by atoms with Gasteiger partial charge in [-0.2, -0.15) is 0 Å². The Bertz CT molecular complexity index is 849. The third kappa shape index (κ3) is 2.98. The molecule has 0 unspecified atom stereocenters. The van der Waals surface area contributed by atoms with E-state index in [2.05, 4.69) is 10.3 Å². The summed E-state index contributed by atoms with van der Waals surface area (Å²) >= 11 is 5.80. The molecule has 3 aromatic rings. The Labute approximate surface area is 124 Å². The van der Waals surface area contributed by atoms with Gasteiger partial charge in [-0.15, -0.1) is 0 Å². The fourth-order valence-corrected chi connectivity index (χ4v) is 2.11. The molecule has 2 aromatic carbocycles. The molecule has 1 aromatic heterocycles. The van der Waals surface area contributed by atoms with Crippen molar-refractivity contribution in [3.63, 3.8) is 0 Å². The number of carbonyl (C=O) groups excluding carboxylic acids is 1. The lowest BCUT2D eigenvalue weighted by Gasteiger charge is -2.05. The van der Waals surface area contributed by atoms with Crippen LogP contribution in [0.1, 0.15) is 15.9 Å². The zero-order valence-corrected chi connectivity index (χ0v) is 11.6. The number of carbonyl (C=O) groups is 1. The van der Waals surface area contributed by atoms with Crippen LogP contribution in [0.25, 0.3) is 11.1 Å². The lowest BCUT2D eigenvalue weighted by molar-refractivity contribution is 0.0951. The van der Waals surface area contributed by atoms with Crippen LogP contribution in [0.5, 0.6) is 0 Å². The van der Waals surface area contributed by atoms with E-state index in [0.717, 1.165) is 5.56 Å². The maximum absolute atomic E-state index is 12.1. The van der Waals surface area contributed by atoms with Gasteiger partial charge in [-0.25, -0.2) is 4.79 Å². The van der Waals surface area contributed by atoms with E-state index in [0.29, 0.717) is 28.2 Å². The highest BCUT2D eigenvalue weighted by Crippen LogP contribution is 2.13.